The molecule has 0 fully saturated rings. The number of esters is 3. The summed E-state index contributed by atoms with van der Waals surface area (Å²) in [7, 11) is 0. The molecule has 0 spiro atoms. The predicted molar refractivity (Wildman–Crippen MR) is 251 cm³/mol. The van der Waals surface area contributed by atoms with E-state index in [1.165, 1.54) is 51.4 Å². The number of ether oxygens (including phenoxy) is 3. The summed E-state index contributed by atoms with van der Waals surface area (Å²) in [6.45, 7) is 6.31. The van der Waals surface area contributed by atoms with Gasteiger partial charge in [-0.15, -0.1) is 0 Å². The van der Waals surface area contributed by atoms with Crippen LogP contribution >= 0.6 is 0 Å². The summed E-state index contributed by atoms with van der Waals surface area (Å²) in [6, 6.07) is 0. The maximum atomic E-state index is 12.7. The summed E-state index contributed by atoms with van der Waals surface area (Å²) >= 11 is 0. The van der Waals surface area contributed by atoms with Crippen LogP contribution in [0.5, 0.6) is 0 Å². The van der Waals surface area contributed by atoms with E-state index in [1.807, 2.05) is 0 Å². The first-order valence-electron chi connectivity index (χ1n) is 24.1. The summed E-state index contributed by atoms with van der Waals surface area (Å²) in [5.41, 5.74) is 0. The van der Waals surface area contributed by atoms with Crippen molar-refractivity contribution in [2.24, 2.45) is 0 Å². The summed E-state index contributed by atoms with van der Waals surface area (Å²) in [6.07, 6.45) is 60.1. The van der Waals surface area contributed by atoms with Crippen molar-refractivity contribution in [3.8, 4) is 0 Å². The second kappa shape index (κ2) is 47.3. The largest absolute Gasteiger partial charge is 0.462 e. The molecule has 1 atom stereocenters. The molecule has 0 aromatic rings. The average Bonchev–Trinajstić information content (AvgIpc) is 3.23. The van der Waals surface area contributed by atoms with Gasteiger partial charge in [0.1, 0.15) is 13.2 Å². The van der Waals surface area contributed by atoms with Crippen LogP contribution in [0.15, 0.2) is 85.1 Å². The number of rotatable bonds is 42. The molecule has 0 aliphatic carbocycles. The number of hydrogen-bond donors (Lipinski definition) is 0. The van der Waals surface area contributed by atoms with E-state index in [1.54, 1.807) is 0 Å². The molecule has 1 unspecified atom stereocenters. The lowest BCUT2D eigenvalue weighted by molar-refractivity contribution is -0.167. The fraction of sp³-hybridized carbons (Fsp3) is 0.679. The Morgan fingerprint density at radius 2 is 0.729 bits per heavy atom. The van der Waals surface area contributed by atoms with Gasteiger partial charge in [-0.1, -0.05) is 183 Å². The van der Waals surface area contributed by atoms with E-state index in [0.717, 1.165) is 116 Å². The highest BCUT2D eigenvalue weighted by atomic mass is 16.6. The molecular formula is C53H88O6. The lowest BCUT2D eigenvalue weighted by Crippen LogP contribution is -2.30. The minimum Gasteiger partial charge on any atom is -0.462 e. The predicted octanol–water partition coefficient (Wildman–Crippen LogP) is 15.6. The van der Waals surface area contributed by atoms with Gasteiger partial charge in [0, 0.05) is 19.3 Å². The zero-order chi connectivity index (χ0) is 43.0. The lowest BCUT2D eigenvalue weighted by Gasteiger charge is -2.18. The van der Waals surface area contributed by atoms with Gasteiger partial charge in [0.2, 0.25) is 0 Å². The number of hydrogen-bond acceptors (Lipinski definition) is 6. The van der Waals surface area contributed by atoms with Crippen LogP contribution in [0, 0.1) is 0 Å². The lowest BCUT2D eigenvalue weighted by atomic mass is 10.1. The van der Waals surface area contributed by atoms with E-state index in [4.69, 9.17) is 14.2 Å². The van der Waals surface area contributed by atoms with E-state index in [9.17, 15) is 14.4 Å². The topological polar surface area (TPSA) is 78.9 Å². The fourth-order valence-electron chi connectivity index (χ4n) is 6.32. The summed E-state index contributed by atoms with van der Waals surface area (Å²) in [5, 5.41) is 0. The van der Waals surface area contributed by atoms with E-state index < -0.39 is 6.10 Å². The highest BCUT2D eigenvalue weighted by Crippen LogP contribution is 2.13. The maximum Gasteiger partial charge on any atom is 0.306 e. The summed E-state index contributed by atoms with van der Waals surface area (Å²) < 4.78 is 16.7. The standard InChI is InChI=1S/C53H88O6/c1-4-7-10-13-16-19-22-24-25-26-27-28-29-32-34-37-40-43-46-52(55)58-49-50(48-57-51(54)45-42-39-36-33-30-21-18-15-12-9-6-3)59-53(56)47-44-41-38-35-31-23-20-17-14-11-8-5-2/h8-9,11-12,17-18,20-21,25-28,33,36,50H,4-7,10,13-16,19,22-24,29-32,34-35,37-49H2,1-3H3/b11-8-,12-9-,20-17-,21-18-,26-25-,28-27-,36-33-. The first-order valence-corrected chi connectivity index (χ1v) is 24.1. The van der Waals surface area contributed by atoms with Crippen LogP contribution in [0.4, 0.5) is 0 Å². The zero-order valence-corrected chi connectivity index (χ0v) is 38.2. The second-order valence-electron chi connectivity index (χ2n) is 15.6. The quantitative estimate of drug-likeness (QED) is 0.0201. The van der Waals surface area contributed by atoms with E-state index in [2.05, 4.69) is 106 Å². The van der Waals surface area contributed by atoms with Crippen LogP contribution in [0.3, 0.4) is 0 Å². The molecule has 59 heavy (non-hydrogen) atoms. The van der Waals surface area contributed by atoms with E-state index in [-0.39, 0.29) is 37.5 Å². The molecular weight excluding hydrogens is 733 g/mol. The summed E-state index contributed by atoms with van der Waals surface area (Å²) in [4.78, 5) is 37.8. The summed E-state index contributed by atoms with van der Waals surface area (Å²) in [5.74, 6) is -0.999. The molecule has 6 nitrogen and oxygen atoms in total. The molecule has 0 N–H and O–H groups in total. The normalized spacial score (nSPS) is 12.8. The first kappa shape index (κ1) is 55.6. The Bertz CT molecular complexity index is 1170. The van der Waals surface area contributed by atoms with E-state index in [0.29, 0.717) is 19.3 Å². The Balaban J connectivity index is 4.44. The van der Waals surface area contributed by atoms with E-state index >= 15 is 0 Å². The van der Waals surface area contributed by atoms with Gasteiger partial charge >= 0.3 is 17.9 Å². The molecule has 0 saturated carbocycles. The van der Waals surface area contributed by atoms with Crippen molar-refractivity contribution < 1.29 is 28.6 Å². The first-order chi connectivity index (χ1) is 29.0. The Hall–Kier alpha value is -3.41. The monoisotopic (exact) mass is 821 g/mol. The average molecular weight is 821 g/mol. The third kappa shape index (κ3) is 45.5. The molecule has 0 aliphatic heterocycles. The minimum atomic E-state index is -0.809. The number of unbranched alkanes of at least 4 members (excludes halogenated alkanes) is 18. The fourth-order valence-corrected chi connectivity index (χ4v) is 6.32. The molecule has 0 rings (SSSR count). The van der Waals surface area contributed by atoms with Crippen molar-refractivity contribution in [2.75, 3.05) is 13.2 Å². The minimum absolute atomic E-state index is 0.107. The van der Waals surface area contributed by atoms with Gasteiger partial charge in [-0.05, 0) is 96.3 Å². The molecule has 6 heteroatoms. The molecule has 0 aromatic heterocycles. The van der Waals surface area contributed by atoms with Gasteiger partial charge in [-0.2, -0.15) is 0 Å². The molecule has 336 valence electrons. The van der Waals surface area contributed by atoms with Gasteiger partial charge in [0.15, 0.2) is 6.10 Å². The highest BCUT2D eigenvalue weighted by molar-refractivity contribution is 5.71. The number of allylic oxidation sites excluding steroid dienone is 14. The van der Waals surface area contributed by atoms with Crippen LogP contribution in [-0.2, 0) is 28.6 Å². The molecule has 0 aromatic carbocycles. The molecule has 0 amide bonds. The van der Waals surface area contributed by atoms with Gasteiger partial charge in [0.05, 0.1) is 0 Å². The van der Waals surface area contributed by atoms with Crippen molar-refractivity contribution in [3.63, 3.8) is 0 Å². The van der Waals surface area contributed by atoms with Crippen LogP contribution in [0.1, 0.15) is 213 Å². The van der Waals surface area contributed by atoms with Gasteiger partial charge in [0.25, 0.3) is 0 Å². The Kier molecular flexibility index (Phi) is 44.5. The number of carbonyl (C=O) groups is 3. The zero-order valence-electron chi connectivity index (χ0n) is 38.2. The van der Waals surface area contributed by atoms with Gasteiger partial charge < -0.3 is 14.2 Å². The van der Waals surface area contributed by atoms with Gasteiger partial charge in [-0.3, -0.25) is 14.4 Å². The third-order valence-corrected chi connectivity index (χ3v) is 9.89. The number of carbonyl (C=O) groups excluding carboxylic acids is 3. The molecule has 0 radical (unpaired) electrons. The Morgan fingerprint density at radius 3 is 1.20 bits per heavy atom. The third-order valence-electron chi connectivity index (χ3n) is 9.89. The van der Waals surface area contributed by atoms with Crippen molar-refractivity contribution in [3.05, 3.63) is 85.1 Å². The van der Waals surface area contributed by atoms with Crippen molar-refractivity contribution in [1.29, 1.82) is 0 Å². The smallest absolute Gasteiger partial charge is 0.306 e. The van der Waals surface area contributed by atoms with Crippen LogP contribution in [0.2, 0.25) is 0 Å². The van der Waals surface area contributed by atoms with Crippen LogP contribution in [0.25, 0.3) is 0 Å². The van der Waals surface area contributed by atoms with Crippen LogP contribution in [-0.4, -0.2) is 37.2 Å². The second-order valence-corrected chi connectivity index (χ2v) is 15.6. The SMILES string of the molecule is CC/C=C\C/C=C\C/C=C\CCCC(=O)OCC(COC(=O)CCCCCCC/C=C\C=C/CCCCCCCCC)OC(=O)CCCCCCC/C=C\C/C=C\CC. The molecule has 0 bridgehead atoms. The Labute approximate surface area is 363 Å². The molecule has 0 heterocycles. The molecule has 0 aliphatic rings. The van der Waals surface area contributed by atoms with Gasteiger partial charge in [-0.25, -0.2) is 0 Å². The maximum absolute atomic E-state index is 12.7. The van der Waals surface area contributed by atoms with Crippen molar-refractivity contribution in [2.45, 2.75) is 219 Å². The van der Waals surface area contributed by atoms with Crippen molar-refractivity contribution >= 4 is 17.9 Å². The molecule has 0 saturated heterocycles. The van der Waals surface area contributed by atoms with Crippen molar-refractivity contribution in [1.82, 2.24) is 0 Å². The highest BCUT2D eigenvalue weighted by Gasteiger charge is 2.19. The Morgan fingerprint density at radius 1 is 0.373 bits per heavy atom. The van der Waals surface area contributed by atoms with Crippen LogP contribution < -0.4 is 0 Å².